The quantitative estimate of drug-likeness (QED) is 0.383. The molecule has 0 fully saturated rings. The minimum absolute atomic E-state index is 0.202. The van der Waals surface area contributed by atoms with Gasteiger partial charge in [0.15, 0.2) is 0 Å². The van der Waals surface area contributed by atoms with Crippen LogP contribution in [0.25, 0.3) is 10.4 Å². The average Bonchev–Trinajstić information content (AvgIpc) is 2.24. The highest BCUT2D eigenvalue weighted by Crippen LogP contribution is 2.20. The number of azide groups is 1. The molecule has 0 radical (unpaired) electrons. The second kappa shape index (κ2) is 6.23. The van der Waals surface area contributed by atoms with Crippen molar-refractivity contribution in [3.8, 4) is 0 Å². The Kier molecular flexibility index (Phi) is 4.92. The zero-order chi connectivity index (χ0) is 12.0. The summed E-state index contributed by atoms with van der Waals surface area (Å²) in [7, 11) is 0. The fourth-order valence-electron chi connectivity index (χ4n) is 1.03. The lowest BCUT2D eigenvalue weighted by Crippen LogP contribution is -2.26. The molecule has 0 aliphatic rings. The Morgan fingerprint density at radius 3 is 2.88 bits per heavy atom. The summed E-state index contributed by atoms with van der Waals surface area (Å²) in [6.45, 7) is 0.468. The van der Waals surface area contributed by atoms with Crippen molar-refractivity contribution < 1.29 is 4.79 Å². The van der Waals surface area contributed by atoms with Crippen LogP contribution in [-0.2, 0) is 0 Å². The summed E-state index contributed by atoms with van der Waals surface area (Å²) >= 11 is 11.5. The molecule has 0 unspecified atom stereocenters. The fourth-order valence-corrected chi connectivity index (χ4v) is 1.53. The van der Waals surface area contributed by atoms with E-state index in [2.05, 4.69) is 15.3 Å². The van der Waals surface area contributed by atoms with Crippen LogP contribution in [0.15, 0.2) is 23.3 Å². The Labute approximate surface area is 102 Å². The lowest BCUT2D eigenvalue weighted by molar-refractivity contribution is 0.0955. The molecule has 0 bridgehead atoms. The molecule has 0 heterocycles. The van der Waals surface area contributed by atoms with Gasteiger partial charge in [-0.05, 0) is 23.7 Å². The first-order chi connectivity index (χ1) is 7.65. The first kappa shape index (κ1) is 12.6. The van der Waals surface area contributed by atoms with Crippen molar-refractivity contribution in [3.05, 3.63) is 44.3 Å². The summed E-state index contributed by atoms with van der Waals surface area (Å²) in [6.07, 6.45) is 0. The van der Waals surface area contributed by atoms with E-state index in [0.29, 0.717) is 10.6 Å². The van der Waals surface area contributed by atoms with Crippen LogP contribution in [0.5, 0.6) is 0 Å². The number of carbonyl (C=O) groups is 1. The van der Waals surface area contributed by atoms with E-state index in [-0.39, 0.29) is 24.0 Å². The lowest BCUT2D eigenvalue weighted by Gasteiger charge is -2.05. The number of hydrogen-bond donors (Lipinski definition) is 1. The first-order valence-corrected chi connectivity index (χ1v) is 5.15. The third kappa shape index (κ3) is 3.62. The SMILES string of the molecule is [N-]=[N+]=NCCNC(=O)c1ccc(Cl)cc1Cl. The maximum atomic E-state index is 11.6. The van der Waals surface area contributed by atoms with Gasteiger partial charge in [0.1, 0.15) is 0 Å². The van der Waals surface area contributed by atoms with Crippen LogP contribution in [0.1, 0.15) is 10.4 Å². The van der Waals surface area contributed by atoms with Gasteiger partial charge in [-0.3, -0.25) is 4.79 Å². The standard InChI is InChI=1S/C9H8Cl2N4O/c10-6-1-2-7(8(11)5-6)9(16)13-3-4-14-15-12/h1-2,5H,3-4H2,(H,13,16). The molecule has 0 spiro atoms. The van der Waals surface area contributed by atoms with Gasteiger partial charge in [0, 0.05) is 23.0 Å². The number of nitrogens with zero attached hydrogens (tertiary/aromatic N) is 3. The monoisotopic (exact) mass is 258 g/mol. The fraction of sp³-hybridized carbons (Fsp3) is 0.222. The second-order valence-corrected chi connectivity index (χ2v) is 3.68. The number of carbonyl (C=O) groups excluding carboxylic acids is 1. The average molecular weight is 259 g/mol. The Morgan fingerprint density at radius 1 is 1.50 bits per heavy atom. The predicted octanol–water partition coefficient (Wildman–Crippen LogP) is 3.03. The van der Waals surface area contributed by atoms with E-state index in [4.69, 9.17) is 28.7 Å². The van der Waals surface area contributed by atoms with Crippen LogP contribution < -0.4 is 5.32 Å². The van der Waals surface area contributed by atoms with Gasteiger partial charge in [-0.15, -0.1) is 0 Å². The predicted molar refractivity (Wildman–Crippen MR) is 62.8 cm³/mol. The van der Waals surface area contributed by atoms with Gasteiger partial charge < -0.3 is 5.32 Å². The molecule has 1 aromatic rings. The van der Waals surface area contributed by atoms with E-state index >= 15 is 0 Å². The molecule has 0 saturated carbocycles. The highest BCUT2D eigenvalue weighted by atomic mass is 35.5. The molecule has 7 heteroatoms. The van der Waals surface area contributed by atoms with Crippen molar-refractivity contribution in [3.63, 3.8) is 0 Å². The third-order valence-electron chi connectivity index (χ3n) is 1.74. The summed E-state index contributed by atoms with van der Waals surface area (Å²) in [5.41, 5.74) is 8.37. The molecule has 5 nitrogen and oxygen atoms in total. The van der Waals surface area contributed by atoms with Gasteiger partial charge >= 0.3 is 0 Å². The number of nitrogens with one attached hydrogen (secondary N) is 1. The van der Waals surface area contributed by atoms with Crippen molar-refractivity contribution in [2.75, 3.05) is 13.1 Å². The molecule has 0 aromatic heterocycles. The summed E-state index contributed by atoms with van der Waals surface area (Å²) in [6, 6.07) is 4.61. The maximum absolute atomic E-state index is 11.6. The van der Waals surface area contributed by atoms with Gasteiger partial charge in [-0.1, -0.05) is 28.3 Å². The Morgan fingerprint density at radius 2 is 2.25 bits per heavy atom. The minimum Gasteiger partial charge on any atom is -0.352 e. The first-order valence-electron chi connectivity index (χ1n) is 4.39. The van der Waals surface area contributed by atoms with Crippen LogP contribution in [0.4, 0.5) is 0 Å². The molecule has 1 amide bonds. The molecular weight excluding hydrogens is 251 g/mol. The highest BCUT2D eigenvalue weighted by Gasteiger charge is 2.09. The van der Waals surface area contributed by atoms with Crippen LogP contribution in [0, 0.1) is 0 Å². The van der Waals surface area contributed by atoms with Crippen LogP contribution >= 0.6 is 23.2 Å². The van der Waals surface area contributed by atoms with Crippen molar-refractivity contribution >= 4 is 29.1 Å². The molecular formula is C9H8Cl2N4O. The molecule has 1 N–H and O–H groups in total. The Balaban J connectivity index is 2.62. The molecule has 0 saturated heterocycles. The number of halogens is 2. The number of hydrogen-bond acceptors (Lipinski definition) is 2. The van der Waals surface area contributed by atoms with E-state index in [1.807, 2.05) is 0 Å². The van der Waals surface area contributed by atoms with E-state index in [0.717, 1.165) is 0 Å². The maximum Gasteiger partial charge on any atom is 0.252 e. The highest BCUT2D eigenvalue weighted by molar-refractivity contribution is 6.36. The summed E-state index contributed by atoms with van der Waals surface area (Å²) in [5.74, 6) is -0.324. The molecule has 1 aromatic carbocycles. The molecule has 0 aliphatic carbocycles. The third-order valence-corrected chi connectivity index (χ3v) is 2.28. The smallest absolute Gasteiger partial charge is 0.252 e. The van der Waals surface area contributed by atoms with E-state index < -0.39 is 0 Å². The summed E-state index contributed by atoms with van der Waals surface area (Å²) in [4.78, 5) is 14.1. The van der Waals surface area contributed by atoms with Crippen LogP contribution in [-0.4, -0.2) is 19.0 Å². The Hall–Kier alpha value is -1.42. The van der Waals surface area contributed by atoms with E-state index in [1.54, 1.807) is 6.07 Å². The largest absolute Gasteiger partial charge is 0.352 e. The van der Waals surface area contributed by atoms with Crippen molar-refractivity contribution in [1.82, 2.24) is 5.32 Å². The van der Waals surface area contributed by atoms with Gasteiger partial charge in [0.2, 0.25) is 0 Å². The molecule has 0 atom stereocenters. The van der Waals surface area contributed by atoms with Crippen LogP contribution in [0.2, 0.25) is 10.0 Å². The zero-order valence-corrected chi connectivity index (χ0v) is 9.66. The zero-order valence-electron chi connectivity index (χ0n) is 8.15. The lowest BCUT2D eigenvalue weighted by atomic mass is 10.2. The van der Waals surface area contributed by atoms with Gasteiger partial charge in [0.05, 0.1) is 10.6 Å². The summed E-state index contributed by atoms with van der Waals surface area (Å²) in [5, 5.41) is 6.60. The van der Waals surface area contributed by atoms with Crippen molar-refractivity contribution in [2.45, 2.75) is 0 Å². The van der Waals surface area contributed by atoms with Crippen LogP contribution in [0.3, 0.4) is 0 Å². The normalized spacial score (nSPS) is 9.38. The van der Waals surface area contributed by atoms with E-state index in [9.17, 15) is 4.79 Å². The molecule has 84 valence electrons. The van der Waals surface area contributed by atoms with Gasteiger partial charge in [-0.25, -0.2) is 0 Å². The van der Waals surface area contributed by atoms with Crippen molar-refractivity contribution in [1.29, 1.82) is 0 Å². The minimum atomic E-state index is -0.324. The second-order valence-electron chi connectivity index (χ2n) is 2.83. The number of amides is 1. The topological polar surface area (TPSA) is 77.9 Å². The Bertz CT molecular complexity index is 443. The molecule has 0 aliphatic heterocycles. The van der Waals surface area contributed by atoms with Gasteiger partial charge in [-0.2, -0.15) is 0 Å². The number of benzene rings is 1. The molecule has 1 rings (SSSR count). The van der Waals surface area contributed by atoms with Gasteiger partial charge in [0.25, 0.3) is 5.91 Å². The van der Waals surface area contributed by atoms with E-state index in [1.165, 1.54) is 12.1 Å². The number of rotatable bonds is 4. The summed E-state index contributed by atoms with van der Waals surface area (Å²) < 4.78 is 0. The molecule has 16 heavy (non-hydrogen) atoms. The van der Waals surface area contributed by atoms with Crippen molar-refractivity contribution in [2.24, 2.45) is 5.11 Å².